The molecule has 4 heteroatoms. The van der Waals surface area contributed by atoms with E-state index in [1.54, 1.807) is 0 Å². The van der Waals surface area contributed by atoms with Crippen LogP contribution < -0.4 is 11.5 Å². The smallest absolute Gasteiger partial charge is 0.192 e. The molecule has 0 atom stereocenters. The molecule has 0 aliphatic heterocycles. The molecule has 0 saturated carbocycles. The van der Waals surface area contributed by atoms with Crippen LogP contribution in [-0.4, -0.2) is 11.8 Å². The Kier molecular flexibility index (Phi) is 3.71. The molecule has 0 radical (unpaired) electrons. The molecule has 0 aromatic heterocycles. The number of benzene rings is 2. The quantitative estimate of drug-likeness (QED) is 0.620. The molecule has 4 N–H and O–H groups in total. The van der Waals surface area contributed by atoms with E-state index in [1.165, 1.54) is 0 Å². The maximum Gasteiger partial charge on any atom is 0.192 e. The molecule has 2 aromatic carbocycles. The van der Waals surface area contributed by atoms with Crippen molar-refractivity contribution in [2.24, 2.45) is 21.5 Å². The van der Waals surface area contributed by atoms with Gasteiger partial charge in [-0.3, -0.25) is 0 Å². The number of rotatable bonds is 2. The maximum absolute atomic E-state index is 5.43. The molecule has 0 fully saturated rings. The summed E-state index contributed by atoms with van der Waals surface area (Å²) in [6, 6.07) is 19.1. The van der Waals surface area contributed by atoms with Gasteiger partial charge in [0.25, 0.3) is 0 Å². The Labute approximate surface area is 106 Å². The van der Waals surface area contributed by atoms with Crippen LogP contribution in [-0.2, 0) is 0 Å². The van der Waals surface area contributed by atoms with Crippen molar-refractivity contribution in [2.75, 3.05) is 0 Å². The van der Waals surface area contributed by atoms with Crippen molar-refractivity contribution >= 4 is 17.5 Å². The molecule has 0 aliphatic rings. The Bertz CT molecular complexity index is 555. The molecule has 2 aromatic rings. The minimum Gasteiger partial charge on any atom is -0.370 e. The van der Waals surface area contributed by atoms with Gasteiger partial charge < -0.3 is 11.5 Å². The Morgan fingerprint density at radius 1 is 0.778 bits per heavy atom. The molecule has 0 saturated heterocycles. The second kappa shape index (κ2) is 5.63. The number of hydrogen-bond acceptors (Lipinski definition) is 1. The molecule has 0 amide bonds. The van der Waals surface area contributed by atoms with E-state index in [1.807, 2.05) is 60.7 Å². The molecule has 0 unspecified atom stereocenters. The van der Waals surface area contributed by atoms with Crippen LogP contribution in [0.4, 0.5) is 5.69 Å². The van der Waals surface area contributed by atoms with E-state index in [9.17, 15) is 0 Å². The molecule has 18 heavy (non-hydrogen) atoms. The van der Waals surface area contributed by atoms with Gasteiger partial charge in [0.2, 0.25) is 0 Å². The van der Waals surface area contributed by atoms with Gasteiger partial charge in [-0.15, -0.1) is 0 Å². The van der Waals surface area contributed by atoms with Gasteiger partial charge >= 0.3 is 0 Å². The van der Waals surface area contributed by atoms with Crippen LogP contribution in [0.2, 0.25) is 0 Å². The van der Waals surface area contributed by atoms with E-state index in [4.69, 9.17) is 11.5 Å². The van der Waals surface area contributed by atoms with Crippen molar-refractivity contribution < 1.29 is 0 Å². The average Bonchev–Trinajstić information content (AvgIpc) is 2.40. The fourth-order valence-corrected chi connectivity index (χ4v) is 1.49. The van der Waals surface area contributed by atoms with Crippen LogP contribution in [0.3, 0.4) is 0 Å². The van der Waals surface area contributed by atoms with Gasteiger partial charge in [0.1, 0.15) is 0 Å². The first kappa shape index (κ1) is 11.9. The van der Waals surface area contributed by atoms with E-state index in [0.29, 0.717) is 5.84 Å². The number of hydrogen-bond donors (Lipinski definition) is 2. The summed E-state index contributed by atoms with van der Waals surface area (Å²) in [7, 11) is 0. The fraction of sp³-hybridized carbons (Fsp3) is 0. The van der Waals surface area contributed by atoms with Crippen molar-refractivity contribution in [3.05, 3.63) is 66.2 Å². The highest BCUT2D eigenvalue weighted by Crippen LogP contribution is 2.13. The lowest BCUT2D eigenvalue weighted by atomic mass is 10.2. The molecule has 4 nitrogen and oxygen atoms in total. The Balaban J connectivity index is 2.44. The molecule has 0 aliphatic carbocycles. The topological polar surface area (TPSA) is 76.8 Å². The van der Waals surface area contributed by atoms with Crippen LogP contribution in [0.1, 0.15) is 5.56 Å². The van der Waals surface area contributed by atoms with Crippen LogP contribution >= 0.6 is 0 Å². The summed E-state index contributed by atoms with van der Waals surface area (Å²) < 4.78 is 0. The largest absolute Gasteiger partial charge is 0.370 e. The zero-order valence-corrected chi connectivity index (χ0v) is 9.82. The summed E-state index contributed by atoms with van der Waals surface area (Å²) in [4.78, 5) is 8.50. The highest BCUT2D eigenvalue weighted by Gasteiger charge is 2.02. The van der Waals surface area contributed by atoms with Crippen LogP contribution in [0.15, 0.2) is 70.6 Å². The summed E-state index contributed by atoms with van der Waals surface area (Å²) in [5.74, 6) is 0.496. The van der Waals surface area contributed by atoms with E-state index < -0.39 is 0 Å². The minimum atomic E-state index is -0.00599. The number of nitrogens with two attached hydrogens (primary N) is 2. The third kappa shape index (κ3) is 3.18. The first-order valence-electron chi connectivity index (χ1n) is 5.54. The van der Waals surface area contributed by atoms with E-state index in [-0.39, 0.29) is 5.96 Å². The van der Waals surface area contributed by atoms with Gasteiger partial charge in [0.15, 0.2) is 11.8 Å². The molecule has 90 valence electrons. The van der Waals surface area contributed by atoms with Gasteiger partial charge in [-0.2, -0.15) is 4.99 Å². The third-order valence-corrected chi connectivity index (χ3v) is 2.26. The molecule has 0 bridgehead atoms. The third-order valence-electron chi connectivity index (χ3n) is 2.26. The normalized spacial score (nSPS) is 11.0. The van der Waals surface area contributed by atoms with Crippen molar-refractivity contribution in [1.82, 2.24) is 0 Å². The second-order valence-corrected chi connectivity index (χ2v) is 3.67. The summed E-state index contributed by atoms with van der Waals surface area (Å²) in [6.45, 7) is 0. The highest BCUT2D eigenvalue weighted by atomic mass is 15.0. The SMILES string of the molecule is NC(N)=NC(=Nc1ccccc1)c1ccccc1. The van der Waals surface area contributed by atoms with Gasteiger partial charge in [-0.1, -0.05) is 48.5 Å². The van der Waals surface area contributed by atoms with E-state index >= 15 is 0 Å². The van der Waals surface area contributed by atoms with Gasteiger partial charge in [0.05, 0.1) is 5.69 Å². The zero-order valence-electron chi connectivity index (χ0n) is 9.82. The Hall–Kier alpha value is -2.62. The Morgan fingerprint density at radius 2 is 1.33 bits per heavy atom. The predicted octanol–water partition coefficient (Wildman–Crippen LogP) is 2.04. The number of aliphatic imine (C=N–C) groups is 2. The molecule has 0 heterocycles. The molecular formula is C14H14N4. The average molecular weight is 238 g/mol. The van der Waals surface area contributed by atoms with Crippen molar-refractivity contribution in [2.45, 2.75) is 0 Å². The van der Waals surface area contributed by atoms with Crippen LogP contribution in [0.5, 0.6) is 0 Å². The zero-order chi connectivity index (χ0) is 12.8. The first-order chi connectivity index (χ1) is 8.75. The Morgan fingerprint density at radius 3 is 1.89 bits per heavy atom. The van der Waals surface area contributed by atoms with E-state index in [2.05, 4.69) is 9.98 Å². The number of guanidine groups is 1. The number of amidine groups is 1. The van der Waals surface area contributed by atoms with Gasteiger partial charge in [-0.05, 0) is 12.1 Å². The number of nitrogens with zero attached hydrogens (tertiary/aromatic N) is 2. The molecule has 0 spiro atoms. The molecular weight excluding hydrogens is 224 g/mol. The van der Waals surface area contributed by atoms with Crippen molar-refractivity contribution in [3.8, 4) is 0 Å². The maximum atomic E-state index is 5.43. The lowest BCUT2D eigenvalue weighted by molar-refractivity contribution is 1.41. The van der Waals surface area contributed by atoms with Crippen LogP contribution in [0.25, 0.3) is 0 Å². The van der Waals surface area contributed by atoms with Crippen LogP contribution in [0, 0.1) is 0 Å². The molecule has 2 rings (SSSR count). The monoisotopic (exact) mass is 238 g/mol. The predicted molar refractivity (Wildman–Crippen MR) is 74.9 cm³/mol. The number of para-hydroxylation sites is 1. The fourth-order valence-electron chi connectivity index (χ4n) is 1.49. The summed E-state index contributed by atoms with van der Waals surface area (Å²) >= 11 is 0. The van der Waals surface area contributed by atoms with E-state index in [0.717, 1.165) is 11.3 Å². The standard InChI is InChI=1S/C14H14N4/c15-14(16)18-13(11-7-3-1-4-8-11)17-12-9-5-2-6-10-12/h1-10H,(H4,15,16,17,18). The van der Waals surface area contributed by atoms with Gasteiger partial charge in [0, 0.05) is 5.56 Å². The second-order valence-electron chi connectivity index (χ2n) is 3.67. The first-order valence-corrected chi connectivity index (χ1v) is 5.54. The summed E-state index contributed by atoms with van der Waals surface area (Å²) in [6.07, 6.45) is 0. The van der Waals surface area contributed by atoms with Gasteiger partial charge in [-0.25, -0.2) is 4.99 Å². The summed E-state index contributed by atoms with van der Waals surface area (Å²) in [5, 5.41) is 0. The lowest BCUT2D eigenvalue weighted by Gasteiger charge is -2.02. The summed E-state index contributed by atoms with van der Waals surface area (Å²) in [5.41, 5.74) is 12.5. The van der Waals surface area contributed by atoms with Crippen molar-refractivity contribution in [3.63, 3.8) is 0 Å². The minimum absolute atomic E-state index is 0.00599. The highest BCUT2D eigenvalue weighted by molar-refractivity contribution is 6.06. The van der Waals surface area contributed by atoms with Crippen molar-refractivity contribution in [1.29, 1.82) is 0 Å². The lowest BCUT2D eigenvalue weighted by Crippen LogP contribution is -2.24.